The van der Waals surface area contributed by atoms with Crippen LogP contribution in [-0.2, 0) is 14.8 Å². The number of carboxylic acid groups (broad SMARTS) is 1. The summed E-state index contributed by atoms with van der Waals surface area (Å²) >= 11 is 0. The van der Waals surface area contributed by atoms with Gasteiger partial charge in [0.15, 0.2) is 5.52 Å². The van der Waals surface area contributed by atoms with E-state index in [2.05, 4.69) is 14.9 Å². The molecule has 8 nitrogen and oxygen atoms in total. The van der Waals surface area contributed by atoms with Crippen LogP contribution in [0, 0.1) is 5.92 Å². The molecule has 0 aliphatic carbocycles. The highest BCUT2D eigenvalue weighted by Gasteiger charge is 2.54. The highest BCUT2D eigenvalue weighted by atomic mass is 32.2. The Bertz CT molecular complexity index is 861. The van der Waals surface area contributed by atoms with E-state index in [9.17, 15) is 18.3 Å². The summed E-state index contributed by atoms with van der Waals surface area (Å²) in [5, 5.41) is 16.6. The summed E-state index contributed by atoms with van der Waals surface area (Å²) in [6.45, 7) is 0. The van der Waals surface area contributed by atoms with Crippen molar-refractivity contribution in [2.45, 2.75) is 36.2 Å². The number of rotatable bonds is 3. The van der Waals surface area contributed by atoms with Crippen molar-refractivity contribution in [3.8, 4) is 0 Å². The van der Waals surface area contributed by atoms with Gasteiger partial charge in [-0.05, 0) is 41.7 Å². The van der Waals surface area contributed by atoms with Gasteiger partial charge in [-0.15, -0.1) is 0 Å². The molecular weight excluding hydrogens is 310 g/mol. The maximum Gasteiger partial charge on any atom is 0.308 e. The summed E-state index contributed by atoms with van der Waals surface area (Å²) in [6, 6.07) is 3.90. The Balaban J connectivity index is 1.82. The van der Waals surface area contributed by atoms with Crippen molar-refractivity contribution in [2.24, 2.45) is 5.92 Å². The third-order valence-electron chi connectivity index (χ3n) is 4.59. The Hall–Kier alpha value is -2.00. The minimum Gasteiger partial charge on any atom is -0.481 e. The van der Waals surface area contributed by atoms with Gasteiger partial charge in [-0.2, -0.15) is 4.31 Å². The Morgan fingerprint density at radius 2 is 2.14 bits per heavy atom. The van der Waals surface area contributed by atoms with Crippen LogP contribution in [0.15, 0.2) is 27.7 Å². The summed E-state index contributed by atoms with van der Waals surface area (Å²) < 4.78 is 32.0. The lowest BCUT2D eigenvalue weighted by Crippen LogP contribution is -2.37. The molecule has 3 unspecified atom stereocenters. The molecule has 3 heterocycles. The SMILES string of the molecule is O=C(O)C1CC2CCC1N2S(=O)(=O)c1cccc2nonc12. The van der Waals surface area contributed by atoms with Crippen molar-refractivity contribution in [1.82, 2.24) is 14.6 Å². The number of nitrogens with zero attached hydrogens (tertiary/aromatic N) is 3. The van der Waals surface area contributed by atoms with Gasteiger partial charge in [0.05, 0.1) is 5.92 Å². The van der Waals surface area contributed by atoms with Crippen molar-refractivity contribution in [3.05, 3.63) is 18.2 Å². The standard InChI is InChI=1S/C13H13N3O5S/c17-13(18)8-6-7-4-5-10(8)16(7)22(19,20)11-3-1-2-9-12(11)15-21-14-9/h1-3,7-8,10H,4-6H2,(H,17,18). The first-order chi connectivity index (χ1) is 10.5. The predicted molar refractivity (Wildman–Crippen MR) is 73.4 cm³/mol. The average molecular weight is 323 g/mol. The van der Waals surface area contributed by atoms with E-state index in [4.69, 9.17) is 0 Å². The topological polar surface area (TPSA) is 114 Å². The Morgan fingerprint density at radius 1 is 1.32 bits per heavy atom. The van der Waals surface area contributed by atoms with E-state index in [0.29, 0.717) is 24.8 Å². The van der Waals surface area contributed by atoms with Crippen LogP contribution in [-0.4, -0.2) is 46.2 Å². The highest BCUT2D eigenvalue weighted by molar-refractivity contribution is 7.89. The summed E-state index contributed by atoms with van der Waals surface area (Å²) in [4.78, 5) is 11.3. The van der Waals surface area contributed by atoms with Gasteiger partial charge in [0.2, 0.25) is 10.0 Å². The zero-order valence-electron chi connectivity index (χ0n) is 11.4. The van der Waals surface area contributed by atoms with E-state index >= 15 is 0 Å². The van der Waals surface area contributed by atoms with E-state index in [1.54, 1.807) is 12.1 Å². The number of carbonyl (C=O) groups is 1. The van der Waals surface area contributed by atoms with Crippen LogP contribution >= 0.6 is 0 Å². The molecule has 0 saturated carbocycles. The lowest BCUT2D eigenvalue weighted by Gasteiger charge is -2.22. The Labute approximate surface area is 125 Å². The van der Waals surface area contributed by atoms with Gasteiger partial charge >= 0.3 is 5.97 Å². The second kappa shape index (κ2) is 4.50. The van der Waals surface area contributed by atoms with E-state index in [0.717, 1.165) is 0 Å². The van der Waals surface area contributed by atoms with E-state index in [-0.39, 0.29) is 16.5 Å². The molecule has 116 valence electrons. The molecule has 2 aliphatic heterocycles. The third-order valence-corrected chi connectivity index (χ3v) is 6.60. The predicted octanol–water partition coefficient (Wildman–Crippen LogP) is 0.849. The number of fused-ring (bicyclic) bond motifs is 3. The van der Waals surface area contributed by atoms with E-state index < -0.39 is 28.0 Å². The second-order valence-corrected chi connectivity index (χ2v) is 7.51. The molecule has 3 atom stereocenters. The third kappa shape index (κ3) is 1.72. The summed E-state index contributed by atoms with van der Waals surface area (Å²) in [5.41, 5.74) is 0.545. The molecule has 2 aromatic rings. The molecule has 4 rings (SSSR count). The second-order valence-electron chi connectivity index (χ2n) is 5.70. The lowest BCUT2D eigenvalue weighted by atomic mass is 9.89. The number of aromatic nitrogens is 2. The number of carboxylic acids is 1. The van der Waals surface area contributed by atoms with Crippen LogP contribution in [0.4, 0.5) is 0 Å². The van der Waals surface area contributed by atoms with Gasteiger partial charge in [-0.25, -0.2) is 13.0 Å². The maximum atomic E-state index is 13.0. The van der Waals surface area contributed by atoms with Gasteiger partial charge in [0.25, 0.3) is 0 Å². The summed E-state index contributed by atoms with van der Waals surface area (Å²) in [7, 11) is -3.83. The summed E-state index contributed by atoms with van der Waals surface area (Å²) in [5.74, 6) is -1.57. The largest absolute Gasteiger partial charge is 0.481 e. The molecule has 0 spiro atoms. The first-order valence-electron chi connectivity index (χ1n) is 6.98. The van der Waals surface area contributed by atoms with Gasteiger partial charge in [0, 0.05) is 12.1 Å². The van der Waals surface area contributed by atoms with Crippen LogP contribution in [0.25, 0.3) is 11.0 Å². The number of hydrogen-bond acceptors (Lipinski definition) is 6. The average Bonchev–Trinajstić information content (AvgIpc) is 3.19. The van der Waals surface area contributed by atoms with E-state index in [1.807, 2.05) is 0 Å². The molecule has 2 aliphatic rings. The molecule has 22 heavy (non-hydrogen) atoms. The first kappa shape index (κ1) is 13.6. The summed E-state index contributed by atoms with van der Waals surface area (Å²) in [6.07, 6.45) is 1.64. The molecule has 0 amide bonds. The van der Waals surface area contributed by atoms with Crippen molar-refractivity contribution < 1.29 is 22.9 Å². The molecule has 9 heteroatoms. The zero-order valence-corrected chi connectivity index (χ0v) is 12.2. The molecule has 2 fully saturated rings. The zero-order chi connectivity index (χ0) is 15.5. The van der Waals surface area contributed by atoms with E-state index in [1.165, 1.54) is 10.4 Å². The van der Waals surface area contributed by atoms with Crippen LogP contribution in [0.5, 0.6) is 0 Å². The quantitative estimate of drug-likeness (QED) is 0.890. The van der Waals surface area contributed by atoms with Crippen LogP contribution in [0.2, 0.25) is 0 Å². The minimum atomic E-state index is -3.83. The molecule has 1 aromatic carbocycles. The highest BCUT2D eigenvalue weighted by Crippen LogP contribution is 2.45. The molecule has 2 saturated heterocycles. The molecule has 2 bridgehead atoms. The number of sulfonamides is 1. The normalized spacial score (nSPS) is 28.5. The maximum absolute atomic E-state index is 13.0. The van der Waals surface area contributed by atoms with Gasteiger partial charge < -0.3 is 5.11 Å². The van der Waals surface area contributed by atoms with Crippen molar-refractivity contribution in [1.29, 1.82) is 0 Å². The minimum absolute atomic E-state index is 0.0224. The Morgan fingerprint density at radius 3 is 2.86 bits per heavy atom. The molecule has 0 radical (unpaired) electrons. The Kier molecular flexibility index (Phi) is 2.79. The van der Waals surface area contributed by atoms with Gasteiger partial charge in [-0.1, -0.05) is 6.07 Å². The number of aliphatic carboxylic acids is 1. The lowest BCUT2D eigenvalue weighted by molar-refractivity contribution is -0.142. The smallest absolute Gasteiger partial charge is 0.308 e. The van der Waals surface area contributed by atoms with Crippen LogP contribution in [0.1, 0.15) is 19.3 Å². The van der Waals surface area contributed by atoms with Crippen LogP contribution in [0.3, 0.4) is 0 Å². The first-order valence-corrected chi connectivity index (χ1v) is 8.42. The number of hydrogen-bond donors (Lipinski definition) is 1. The fourth-order valence-corrected chi connectivity index (χ4v) is 5.74. The fourth-order valence-electron chi connectivity index (χ4n) is 3.68. The van der Waals surface area contributed by atoms with Crippen molar-refractivity contribution in [2.75, 3.05) is 0 Å². The molecule has 1 N–H and O–H groups in total. The van der Waals surface area contributed by atoms with Crippen molar-refractivity contribution in [3.63, 3.8) is 0 Å². The monoisotopic (exact) mass is 323 g/mol. The van der Waals surface area contributed by atoms with Crippen molar-refractivity contribution >= 4 is 27.0 Å². The fraction of sp³-hybridized carbons (Fsp3) is 0.462. The van der Waals surface area contributed by atoms with Gasteiger partial charge in [-0.3, -0.25) is 4.79 Å². The van der Waals surface area contributed by atoms with Gasteiger partial charge in [0.1, 0.15) is 10.4 Å². The molecule has 1 aromatic heterocycles. The molecular formula is C13H13N3O5S. The number of benzene rings is 1. The van der Waals surface area contributed by atoms with Crippen LogP contribution < -0.4 is 0 Å².